The lowest BCUT2D eigenvalue weighted by molar-refractivity contribution is 0.102. The molecule has 0 fully saturated rings. The van der Waals surface area contributed by atoms with Crippen molar-refractivity contribution < 1.29 is 17.7 Å². The standard InChI is InChI=1S/C19H16N4O4S3/c1-11-20-17(23-27-11)10-28-15-6-4-3-5-13(15)18(24)22-19-21-14-8-7-12(30(2,25)26)9-16(14)29-19/h3-9H,10H2,1-2H3,(H,21,22,24). The second-order valence-corrected chi connectivity index (χ2v) is 10.5. The van der Waals surface area contributed by atoms with E-state index >= 15 is 0 Å². The van der Waals surface area contributed by atoms with Crippen molar-refractivity contribution in [2.75, 3.05) is 11.6 Å². The lowest BCUT2D eigenvalue weighted by Gasteiger charge is -2.07. The summed E-state index contributed by atoms with van der Waals surface area (Å²) < 4.78 is 29.1. The Hall–Kier alpha value is -2.76. The van der Waals surface area contributed by atoms with Crippen molar-refractivity contribution >= 4 is 54.2 Å². The molecule has 0 aliphatic carbocycles. The van der Waals surface area contributed by atoms with Gasteiger partial charge in [-0.2, -0.15) is 4.98 Å². The molecule has 154 valence electrons. The Kier molecular flexibility index (Phi) is 5.58. The Morgan fingerprint density at radius 3 is 2.73 bits per heavy atom. The van der Waals surface area contributed by atoms with Crippen molar-refractivity contribution in [3.8, 4) is 0 Å². The average molecular weight is 461 g/mol. The highest BCUT2D eigenvalue weighted by Gasteiger charge is 2.16. The molecule has 2 heterocycles. The summed E-state index contributed by atoms with van der Waals surface area (Å²) in [7, 11) is -3.31. The van der Waals surface area contributed by atoms with Crippen molar-refractivity contribution in [3.05, 3.63) is 59.7 Å². The number of anilines is 1. The topological polar surface area (TPSA) is 115 Å². The number of aromatic nitrogens is 3. The molecule has 4 aromatic rings. The van der Waals surface area contributed by atoms with Gasteiger partial charge in [0.2, 0.25) is 5.89 Å². The normalized spacial score (nSPS) is 11.7. The van der Waals surface area contributed by atoms with Gasteiger partial charge in [0.1, 0.15) is 0 Å². The Bertz CT molecular complexity index is 1340. The third-order valence-corrected chi connectivity index (χ3v) is 7.18. The van der Waals surface area contributed by atoms with Crippen molar-refractivity contribution in [2.45, 2.75) is 22.5 Å². The van der Waals surface area contributed by atoms with E-state index in [9.17, 15) is 13.2 Å². The van der Waals surface area contributed by atoms with E-state index in [0.717, 1.165) is 11.2 Å². The van der Waals surface area contributed by atoms with Gasteiger partial charge in [0.05, 0.1) is 26.4 Å². The molecule has 2 aromatic carbocycles. The number of thioether (sulfide) groups is 1. The van der Waals surface area contributed by atoms with Crippen LogP contribution in [0.5, 0.6) is 0 Å². The van der Waals surface area contributed by atoms with Crippen LogP contribution < -0.4 is 5.32 Å². The molecule has 1 amide bonds. The summed E-state index contributed by atoms with van der Waals surface area (Å²) in [6.45, 7) is 1.72. The van der Waals surface area contributed by atoms with Crippen LogP contribution in [0.15, 0.2) is 56.8 Å². The SMILES string of the molecule is Cc1nc(CSc2ccccc2C(=O)Nc2nc3ccc(S(C)(=O)=O)cc3s2)no1. The molecular weight excluding hydrogens is 444 g/mol. The van der Waals surface area contributed by atoms with Gasteiger partial charge < -0.3 is 4.52 Å². The van der Waals surface area contributed by atoms with E-state index < -0.39 is 9.84 Å². The van der Waals surface area contributed by atoms with Gasteiger partial charge in [-0.15, -0.1) is 11.8 Å². The Morgan fingerprint density at radius 2 is 2.00 bits per heavy atom. The second kappa shape index (κ2) is 8.17. The molecule has 0 unspecified atom stereocenters. The van der Waals surface area contributed by atoms with Crippen molar-refractivity contribution in [1.82, 2.24) is 15.1 Å². The lowest BCUT2D eigenvalue weighted by atomic mass is 10.2. The summed E-state index contributed by atoms with van der Waals surface area (Å²) in [4.78, 5) is 22.4. The minimum Gasteiger partial charge on any atom is -0.340 e. The first-order valence-electron chi connectivity index (χ1n) is 8.72. The smallest absolute Gasteiger partial charge is 0.258 e. The molecule has 0 saturated carbocycles. The molecule has 0 aliphatic heterocycles. The number of aryl methyl sites for hydroxylation is 1. The first kappa shape index (κ1) is 20.5. The Balaban J connectivity index is 1.54. The third kappa shape index (κ3) is 4.53. The largest absolute Gasteiger partial charge is 0.340 e. The molecule has 30 heavy (non-hydrogen) atoms. The zero-order valence-corrected chi connectivity index (χ0v) is 18.4. The summed E-state index contributed by atoms with van der Waals surface area (Å²) in [5.74, 6) is 1.22. The van der Waals surface area contributed by atoms with Crippen LogP contribution in [-0.2, 0) is 15.6 Å². The summed E-state index contributed by atoms with van der Waals surface area (Å²) in [6, 6.07) is 11.9. The quantitative estimate of drug-likeness (QED) is 0.430. The van der Waals surface area contributed by atoms with E-state index in [0.29, 0.717) is 38.4 Å². The number of fused-ring (bicyclic) bond motifs is 1. The Morgan fingerprint density at radius 1 is 1.20 bits per heavy atom. The van der Waals surface area contributed by atoms with Crippen molar-refractivity contribution in [3.63, 3.8) is 0 Å². The number of hydrogen-bond acceptors (Lipinski definition) is 9. The van der Waals surface area contributed by atoms with E-state index in [1.807, 2.05) is 12.1 Å². The van der Waals surface area contributed by atoms with Crippen LogP contribution in [0.1, 0.15) is 22.1 Å². The van der Waals surface area contributed by atoms with Crippen LogP contribution in [0.3, 0.4) is 0 Å². The predicted octanol–water partition coefficient (Wildman–Crippen LogP) is 3.94. The van der Waals surface area contributed by atoms with E-state index in [1.54, 1.807) is 31.2 Å². The highest BCUT2D eigenvalue weighted by molar-refractivity contribution is 7.98. The summed E-state index contributed by atoms with van der Waals surface area (Å²) >= 11 is 2.66. The molecule has 0 spiro atoms. The van der Waals surface area contributed by atoms with Crippen molar-refractivity contribution in [1.29, 1.82) is 0 Å². The summed E-state index contributed by atoms with van der Waals surface area (Å²) in [5, 5.41) is 7.06. The lowest BCUT2D eigenvalue weighted by Crippen LogP contribution is -2.12. The molecule has 0 atom stereocenters. The maximum absolute atomic E-state index is 12.8. The maximum atomic E-state index is 12.8. The fraction of sp³-hybridized carbons (Fsp3) is 0.158. The number of thiazole rings is 1. The van der Waals surface area contributed by atoms with E-state index in [1.165, 1.54) is 29.2 Å². The number of carbonyl (C=O) groups excluding carboxylic acids is 1. The van der Waals surface area contributed by atoms with Gasteiger partial charge in [0.25, 0.3) is 5.91 Å². The van der Waals surface area contributed by atoms with Crippen LogP contribution >= 0.6 is 23.1 Å². The minimum absolute atomic E-state index is 0.218. The minimum atomic E-state index is -3.31. The fourth-order valence-electron chi connectivity index (χ4n) is 2.68. The second-order valence-electron chi connectivity index (χ2n) is 6.39. The molecule has 2 aromatic heterocycles. The number of sulfone groups is 1. The number of benzene rings is 2. The van der Waals surface area contributed by atoms with E-state index in [2.05, 4.69) is 20.4 Å². The highest BCUT2D eigenvalue weighted by Crippen LogP contribution is 2.30. The zero-order chi connectivity index (χ0) is 21.3. The van der Waals surface area contributed by atoms with Crippen LogP contribution in [0.4, 0.5) is 5.13 Å². The molecule has 0 bridgehead atoms. The monoisotopic (exact) mass is 460 g/mol. The third-order valence-electron chi connectivity index (χ3n) is 4.07. The van der Waals surface area contributed by atoms with Crippen molar-refractivity contribution in [2.24, 2.45) is 0 Å². The summed E-state index contributed by atoms with van der Waals surface area (Å²) in [6.07, 6.45) is 1.16. The molecule has 8 nitrogen and oxygen atoms in total. The van der Waals surface area contributed by atoms with Gasteiger partial charge in [-0.1, -0.05) is 28.6 Å². The van der Waals surface area contributed by atoms with Gasteiger partial charge in [0, 0.05) is 18.1 Å². The number of carbonyl (C=O) groups is 1. The highest BCUT2D eigenvalue weighted by atomic mass is 32.2. The predicted molar refractivity (Wildman–Crippen MR) is 116 cm³/mol. The van der Waals surface area contributed by atoms with Gasteiger partial charge >= 0.3 is 0 Å². The van der Waals surface area contributed by atoms with Crippen LogP contribution in [0.2, 0.25) is 0 Å². The van der Waals surface area contributed by atoms with Crippen LogP contribution in [0.25, 0.3) is 10.2 Å². The van der Waals surface area contributed by atoms with E-state index in [-0.39, 0.29) is 10.8 Å². The number of amides is 1. The summed E-state index contributed by atoms with van der Waals surface area (Å²) in [5.41, 5.74) is 1.12. The van der Waals surface area contributed by atoms with Crippen LogP contribution in [-0.4, -0.2) is 35.7 Å². The van der Waals surface area contributed by atoms with Gasteiger partial charge in [-0.25, -0.2) is 13.4 Å². The van der Waals surface area contributed by atoms with Gasteiger partial charge in [-0.3, -0.25) is 10.1 Å². The molecular formula is C19H16N4O4S3. The number of nitrogens with zero attached hydrogens (tertiary/aromatic N) is 3. The first-order valence-corrected chi connectivity index (χ1v) is 12.4. The molecule has 4 rings (SSSR count). The number of nitrogens with one attached hydrogen (secondary N) is 1. The molecule has 11 heteroatoms. The first-order chi connectivity index (χ1) is 14.3. The molecule has 1 N–H and O–H groups in total. The van der Waals surface area contributed by atoms with Gasteiger partial charge in [-0.05, 0) is 30.3 Å². The van der Waals surface area contributed by atoms with Gasteiger partial charge in [0.15, 0.2) is 20.8 Å². The molecule has 0 saturated heterocycles. The van der Waals surface area contributed by atoms with Crippen LogP contribution in [0, 0.1) is 6.92 Å². The fourth-order valence-corrected chi connectivity index (χ4v) is 5.19. The molecule has 0 aliphatic rings. The van der Waals surface area contributed by atoms with E-state index in [4.69, 9.17) is 4.52 Å². The molecule has 0 radical (unpaired) electrons. The zero-order valence-electron chi connectivity index (χ0n) is 15.9. The average Bonchev–Trinajstić information content (AvgIpc) is 3.30. The maximum Gasteiger partial charge on any atom is 0.258 e. The number of rotatable bonds is 6. The number of hydrogen-bond donors (Lipinski definition) is 1. The Labute approximate surface area is 180 Å².